The molecule has 2 amide bonds. The number of carbonyl (C=O) groups excluding carboxylic acids is 2. The molecule has 0 radical (unpaired) electrons. The highest BCUT2D eigenvalue weighted by Gasteiger charge is 2.52. The predicted octanol–water partition coefficient (Wildman–Crippen LogP) is 3.13. The van der Waals surface area contributed by atoms with E-state index in [1.54, 1.807) is 18.3 Å². The highest BCUT2D eigenvalue weighted by Crippen LogP contribution is 2.29. The van der Waals surface area contributed by atoms with Crippen molar-refractivity contribution in [2.45, 2.75) is 52.5 Å². The second-order valence-electron chi connectivity index (χ2n) is 6.95. The van der Waals surface area contributed by atoms with Crippen molar-refractivity contribution in [3.05, 3.63) is 24.5 Å². The van der Waals surface area contributed by atoms with E-state index < -0.39 is 6.04 Å². The van der Waals surface area contributed by atoms with Gasteiger partial charge in [-0.3, -0.25) is 4.98 Å². The summed E-state index contributed by atoms with van der Waals surface area (Å²) in [4.78, 5) is 29.7. The van der Waals surface area contributed by atoms with Crippen molar-refractivity contribution in [1.29, 1.82) is 0 Å². The molecule has 1 fully saturated rings. The van der Waals surface area contributed by atoms with Crippen LogP contribution in [0.3, 0.4) is 0 Å². The van der Waals surface area contributed by atoms with Crippen molar-refractivity contribution >= 4 is 12.0 Å². The van der Waals surface area contributed by atoms with E-state index in [9.17, 15) is 9.59 Å². The number of aromatic nitrogens is 1. The van der Waals surface area contributed by atoms with Gasteiger partial charge in [-0.1, -0.05) is 27.2 Å². The van der Waals surface area contributed by atoms with E-state index in [1.807, 2.05) is 6.92 Å². The van der Waals surface area contributed by atoms with Crippen molar-refractivity contribution in [2.24, 2.45) is 5.92 Å². The fourth-order valence-corrected chi connectivity index (χ4v) is 3.46. The normalized spacial score (nSPS) is 23.9. The summed E-state index contributed by atoms with van der Waals surface area (Å²) in [6.07, 6.45) is 6.53. The van der Waals surface area contributed by atoms with Gasteiger partial charge in [-0.05, 0) is 24.5 Å². The molecule has 0 aromatic carbocycles. The van der Waals surface area contributed by atoms with Gasteiger partial charge in [0.1, 0.15) is 5.75 Å². The average Bonchev–Trinajstić information content (AvgIpc) is 3.05. The maximum absolute atomic E-state index is 13.0. The van der Waals surface area contributed by atoms with Gasteiger partial charge in [0.2, 0.25) is 0 Å². The van der Waals surface area contributed by atoms with Crippen molar-refractivity contribution in [3.8, 4) is 5.75 Å². The van der Waals surface area contributed by atoms with Gasteiger partial charge < -0.3 is 10.1 Å². The van der Waals surface area contributed by atoms with Crippen LogP contribution in [0, 0.1) is 5.92 Å². The number of amides is 2. The van der Waals surface area contributed by atoms with Crippen molar-refractivity contribution in [2.75, 3.05) is 19.6 Å². The molecule has 6 heteroatoms. The number of urea groups is 1. The Morgan fingerprint density at radius 2 is 2.24 bits per heavy atom. The first-order valence-electron chi connectivity index (χ1n) is 9.30. The van der Waals surface area contributed by atoms with E-state index in [0.29, 0.717) is 37.7 Å². The molecule has 3 atom stereocenters. The zero-order valence-corrected chi connectivity index (χ0v) is 15.5. The maximum Gasteiger partial charge on any atom is 0.417 e. The van der Waals surface area contributed by atoms with Crippen LogP contribution >= 0.6 is 0 Å². The standard InChI is InChI=1S/C19H29N3O3/c1-4-11-22(19(24)21-13-15(3)5-2)12-7-9-17(22)18(23)25-16-8-6-10-20-14-16/h6,8,10,14-15,17H,4-5,7,9,11-13H2,1-3H3/p+1/t15?,17-,22?/m0/s1. The summed E-state index contributed by atoms with van der Waals surface area (Å²) in [6, 6.07) is 2.94. The van der Waals surface area contributed by atoms with Crippen LogP contribution in [-0.4, -0.2) is 47.1 Å². The summed E-state index contributed by atoms with van der Waals surface area (Å²) >= 11 is 0. The summed E-state index contributed by atoms with van der Waals surface area (Å²) < 4.78 is 5.66. The largest absolute Gasteiger partial charge is 0.420 e. The molecule has 1 N–H and O–H groups in total. The van der Waals surface area contributed by atoms with Crippen LogP contribution < -0.4 is 10.1 Å². The molecular formula is C19H30N3O3+. The van der Waals surface area contributed by atoms with Gasteiger partial charge in [-0.15, -0.1) is 0 Å². The number of nitrogens with one attached hydrogen (secondary N) is 1. The average molecular weight is 348 g/mol. The Morgan fingerprint density at radius 3 is 2.88 bits per heavy atom. The lowest BCUT2D eigenvalue weighted by Crippen LogP contribution is -2.63. The molecule has 0 bridgehead atoms. The Bertz CT molecular complexity index is 579. The molecule has 0 saturated carbocycles. The second-order valence-corrected chi connectivity index (χ2v) is 6.95. The van der Waals surface area contributed by atoms with Crippen LogP contribution in [0.5, 0.6) is 5.75 Å². The first kappa shape index (κ1) is 19.4. The molecule has 1 saturated heterocycles. The number of rotatable bonds is 7. The summed E-state index contributed by atoms with van der Waals surface area (Å²) in [5, 5.41) is 3.06. The van der Waals surface area contributed by atoms with Gasteiger partial charge in [-0.2, -0.15) is 0 Å². The van der Waals surface area contributed by atoms with Crippen LogP contribution in [0.15, 0.2) is 24.5 Å². The molecule has 2 unspecified atom stereocenters. The van der Waals surface area contributed by atoms with Gasteiger partial charge in [-0.25, -0.2) is 14.1 Å². The van der Waals surface area contributed by atoms with Crippen LogP contribution in [0.2, 0.25) is 0 Å². The molecular weight excluding hydrogens is 318 g/mol. The molecule has 1 aliphatic rings. The number of nitrogens with zero attached hydrogens (tertiary/aromatic N) is 2. The number of ether oxygens (including phenoxy) is 1. The van der Waals surface area contributed by atoms with E-state index >= 15 is 0 Å². The summed E-state index contributed by atoms with van der Waals surface area (Å²) in [6.45, 7) is 8.25. The van der Waals surface area contributed by atoms with Gasteiger partial charge in [0.05, 0.1) is 19.3 Å². The predicted molar refractivity (Wildman–Crippen MR) is 96.0 cm³/mol. The highest BCUT2D eigenvalue weighted by molar-refractivity contribution is 5.80. The van der Waals surface area contributed by atoms with E-state index in [2.05, 4.69) is 24.1 Å². The molecule has 1 aliphatic heterocycles. The third kappa shape index (κ3) is 4.57. The van der Waals surface area contributed by atoms with Crippen molar-refractivity contribution in [1.82, 2.24) is 10.3 Å². The number of esters is 1. The zero-order chi connectivity index (χ0) is 18.3. The molecule has 0 spiro atoms. The van der Waals surface area contributed by atoms with Gasteiger partial charge >= 0.3 is 12.0 Å². The molecule has 2 heterocycles. The van der Waals surface area contributed by atoms with E-state index in [0.717, 1.165) is 19.3 Å². The van der Waals surface area contributed by atoms with Gasteiger partial charge in [0.25, 0.3) is 0 Å². The Kier molecular flexibility index (Phi) is 6.93. The smallest absolute Gasteiger partial charge is 0.417 e. The van der Waals surface area contributed by atoms with E-state index in [4.69, 9.17) is 4.74 Å². The highest BCUT2D eigenvalue weighted by atomic mass is 16.5. The minimum Gasteiger partial charge on any atom is -0.420 e. The minimum atomic E-state index is -0.447. The monoisotopic (exact) mass is 348 g/mol. The SMILES string of the molecule is CCC[N+]1(C(=O)NCC(C)CC)CCC[C@H]1C(=O)Oc1cccnc1. The van der Waals surface area contributed by atoms with Crippen molar-refractivity contribution < 1.29 is 18.8 Å². The summed E-state index contributed by atoms with van der Waals surface area (Å²) in [7, 11) is 0. The van der Waals surface area contributed by atoms with Crippen LogP contribution in [0.1, 0.15) is 46.5 Å². The number of pyridine rings is 1. The van der Waals surface area contributed by atoms with Gasteiger partial charge in [0, 0.05) is 25.6 Å². The number of hydrogen-bond acceptors (Lipinski definition) is 4. The van der Waals surface area contributed by atoms with Gasteiger partial charge in [0.15, 0.2) is 6.04 Å². The third-order valence-corrected chi connectivity index (χ3v) is 5.08. The molecule has 1 aromatic rings. The fraction of sp³-hybridized carbons (Fsp3) is 0.632. The number of carbonyl (C=O) groups is 2. The molecule has 138 valence electrons. The quantitative estimate of drug-likeness (QED) is 0.607. The molecule has 25 heavy (non-hydrogen) atoms. The summed E-state index contributed by atoms with van der Waals surface area (Å²) in [5.74, 6) is 0.515. The summed E-state index contributed by atoms with van der Waals surface area (Å²) in [5.41, 5.74) is 0. The molecule has 2 rings (SSSR count). The molecule has 1 aromatic heterocycles. The van der Waals surface area contributed by atoms with E-state index in [-0.39, 0.29) is 16.5 Å². The number of quaternary nitrogens is 1. The number of likely N-dealkylation sites (tertiary alicyclic amines) is 1. The first-order valence-corrected chi connectivity index (χ1v) is 9.30. The topological polar surface area (TPSA) is 68.3 Å². The second kappa shape index (κ2) is 8.94. The van der Waals surface area contributed by atoms with Crippen LogP contribution in [0.25, 0.3) is 0 Å². The number of hydrogen-bond donors (Lipinski definition) is 1. The molecule has 6 nitrogen and oxygen atoms in total. The first-order chi connectivity index (χ1) is 12.0. The Balaban J connectivity index is 2.14. The minimum absolute atomic E-state index is 0.0483. The Morgan fingerprint density at radius 1 is 1.44 bits per heavy atom. The lowest BCUT2D eigenvalue weighted by Gasteiger charge is -2.35. The third-order valence-electron chi connectivity index (χ3n) is 5.08. The molecule has 0 aliphatic carbocycles. The maximum atomic E-state index is 13.0. The fourth-order valence-electron chi connectivity index (χ4n) is 3.46. The van der Waals surface area contributed by atoms with Crippen LogP contribution in [0.4, 0.5) is 4.79 Å². The Labute approximate surface area is 150 Å². The lowest BCUT2D eigenvalue weighted by molar-refractivity contribution is -0.854. The Hall–Kier alpha value is -1.95. The zero-order valence-electron chi connectivity index (χ0n) is 15.5. The van der Waals surface area contributed by atoms with Crippen LogP contribution in [-0.2, 0) is 4.79 Å². The van der Waals surface area contributed by atoms with Crippen molar-refractivity contribution in [3.63, 3.8) is 0 Å². The van der Waals surface area contributed by atoms with E-state index in [1.165, 1.54) is 6.20 Å². The lowest BCUT2D eigenvalue weighted by atomic mass is 10.1.